The van der Waals surface area contributed by atoms with E-state index >= 15 is 0 Å². The van der Waals surface area contributed by atoms with Gasteiger partial charge in [0.1, 0.15) is 11.6 Å². The first kappa shape index (κ1) is 25.4. The number of carbonyl (C=O) groups excluding carboxylic acids is 1. The van der Waals surface area contributed by atoms with Crippen LogP contribution in [0, 0.1) is 11.8 Å². The summed E-state index contributed by atoms with van der Waals surface area (Å²) in [6, 6.07) is 5.56. The SMILES string of the molecule is CCOc1ccc2nc(SCC(=O)N(CC(C)C)c3c(N)n(CC(C)C)c(=O)[nH]c3=O)[nH]c2c1. The Balaban J connectivity index is 1.88. The molecule has 1 amide bonds. The quantitative estimate of drug-likeness (QED) is 0.373. The summed E-state index contributed by atoms with van der Waals surface area (Å²) in [6.07, 6.45) is 0. The normalized spacial score (nSPS) is 11.5. The second-order valence-corrected chi connectivity index (χ2v) is 9.80. The number of aromatic nitrogens is 4. The highest BCUT2D eigenvalue weighted by Gasteiger charge is 2.25. The summed E-state index contributed by atoms with van der Waals surface area (Å²) in [5.74, 6) is 0.657. The van der Waals surface area contributed by atoms with E-state index in [-0.39, 0.29) is 41.5 Å². The van der Waals surface area contributed by atoms with Crippen molar-refractivity contribution in [3.05, 3.63) is 39.0 Å². The Morgan fingerprint density at radius 3 is 2.59 bits per heavy atom. The van der Waals surface area contributed by atoms with Crippen molar-refractivity contribution in [3.8, 4) is 5.75 Å². The van der Waals surface area contributed by atoms with Crippen LogP contribution in [0.4, 0.5) is 11.5 Å². The number of nitrogen functional groups attached to an aromatic ring is 1. The lowest BCUT2D eigenvalue weighted by Crippen LogP contribution is -2.43. The molecule has 2 aromatic heterocycles. The maximum absolute atomic E-state index is 13.3. The molecule has 0 aliphatic carbocycles. The Kier molecular flexibility index (Phi) is 8.08. The Morgan fingerprint density at radius 2 is 1.94 bits per heavy atom. The van der Waals surface area contributed by atoms with Gasteiger partial charge in [-0.25, -0.2) is 9.78 Å². The predicted molar refractivity (Wildman–Crippen MR) is 136 cm³/mol. The van der Waals surface area contributed by atoms with Gasteiger partial charge in [-0.3, -0.25) is 19.1 Å². The van der Waals surface area contributed by atoms with Crippen LogP contribution in [0.3, 0.4) is 0 Å². The van der Waals surface area contributed by atoms with Gasteiger partial charge in [-0.05, 0) is 30.9 Å². The summed E-state index contributed by atoms with van der Waals surface area (Å²) in [6.45, 7) is 10.9. The molecule has 0 saturated heterocycles. The van der Waals surface area contributed by atoms with E-state index in [0.717, 1.165) is 16.8 Å². The number of benzene rings is 1. The number of carbonyl (C=O) groups is 1. The van der Waals surface area contributed by atoms with Crippen molar-refractivity contribution in [1.29, 1.82) is 0 Å². The van der Waals surface area contributed by atoms with Gasteiger partial charge >= 0.3 is 5.69 Å². The topological polar surface area (TPSA) is 139 Å². The number of aromatic amines is 2. The maximum Gasteiger partial charge on any atom is 0.330 e. The Bertz CT molecular complexity index is 1280. The first-order chi connectivity index (χ1) is 16.1. The van der Waals surface area contributed by atoms with Gasteiger partial charge in [-0.2, -0.15) is 0 Å². The van der Waals surface area contributed by atoms with Gasteiger partial charge in [0.25, 0.3) is 5.56 Å². The van der Waals surface area contributed by atoms with Crippen LogP contribution in [0.25, 0.3) is 11.0 Å². The number of nitrogens with zero attached hydrogens (tertiary/aromatic N) is 3. The first-order valence-electron chi connectivity index (χ1n) is 11.3. The number of H-pyrrole nitrogens is 2. The monoisotopic (exact) mass is 488 g/mol. The molecule has 3 rings (SSSR count). The molecule has 2 heterocycles. The molecule has 0 spiro atoms. The first-order valence-corrected chi connectivity index (χ1v) is 12.3. The lowest BCUT2D eigenvalue weighted by atomic mass is 10.2. The van der Waals surface area contributed by atoms with Gasteiger partial charge in [0, 0.05) is 19.2 Å². The Morgan fingerprint density at radius 1 is 1.21 bits per heavy atom. The number of hydrogen-bond donors (Lipinski definition) is 3. The lowest BCUT2D eigenvalue weighted by molar-refractivity contribution is -0.116. The van der Waals surface area contributed by atoms with E-state index in [1.165, 1.54) is 21.2 Å². The zero-order valence-electron chi connectivity index (χ0n) is 20.2. The smallest absolute Gasteiger partial charge is 0.330 e. The third-order valence-electron chi connectivity index (χ3n) is 4.96. The summed E-state index contributed by atoms with van der Waals surface area (Å²) >= 11 is 1.23. The fourth-order valence-corrected chi connectivity index (χ4v) is 4.33. The van der Waals surface area contributed by atoms with E-state index in [1.54, 1.807) is 0 Å². The van der Waals surface area contributed by atoms with Crippen LogP contribution < -0.4 is 26.6 Å². The highest BCUT2D eigenvalue weighted by Crippen LogP contribution is 2.25. The van der Waals surface area contributed by atoms with Crippen molar-refractivity contribution < 1.29 is 9.53 Å². The summed E-state index contributed by atoms with van der Waals surface area (Å²) in [5, 5.41) is 0.577. The largest absolute Gasteiger partial charge is 0.494 e. The zero-order chi connectivity index (χ0) is 25.0. The van der Waals surface area contributed by atoms with Crippen LogP contribution in [-0.4, -0.2) is 44.3 Å². The Hall–Kier alpha value is -3.21. The van der Waals surface area contributed by atoms with Gasteiger partial charge < -0.3 is 20.4 Å². The molecule has 184 valence electrons. The number of nitrogens with one attached hydrogen (secondary N) is 2. The second kappa shape index (κ2) is 10.8. The van der Waals surface area contributed by atoms with Crippen LogP contribution in [-0.2, 0) is 11.3 Å². The standard InChI is InChI=1S/C23H32N6O4S/c1-6-33-15-7-8-16-17(9-15)26-22(25-16)34-12-18(30)28(10-13(2)3)19-20(24)29(11-14(4)5)23(32)27-21(19)31/h7-9,13-14H,6,10-12,24H2,1-5H3,(H,25,26)(H,27,31,32). The van der Waals surface area contributed by atoms with Crippen LogP contribution in [0.2, 0.25) is 0 Å². The molecule has 11 heteroatoms. The van der Waals surface area contributed by atoms with Crippen LogP contribution >= 0.6 is 11.8 Å². The predicted octanol–water partition coefficient (Wildman–Crippen LogP) is 2.83. The number of ether oxygens (including phenoxy) is 1. The van der Waals surface area contributed by atoms with Crippen molar-refractivity contribution >= 4 is 40.2 Å². The van der Waals surface area contributed by atoms with Crippen LogP contribution in [0.5, 0.6) is 5.75 Å². The van der Waals surface area contributed by atoms with E-state index in [2.05, 4.69) is 15.0 Å². The third-order valence-corrected chi connectivity index (χ3v) is 5.81. The molecule has 4 N–H and O–H groups in total. The fourth-order valence-electron chi connectivity index (χ4n) is 3.57. The molecule has 0 unspecified atom stereocenters. The van der Waals surface area contributed by atoms with Crippen LogP contribution in [0.1, 0.15) is 34.6 Å². The van der Waals surface area contributed by atoms with E-state index < -0.39 is 11.2 Å². The number of hydrogen-bond acceptors (Lipinski definition) is 7. The number of rotatable bonds is 10. The highest BCUT2D eigenvalue weighted by molar-refractivity contribution is 7.99. The van der Waals surface area contributed by atoms with E-state index in [9.17, 15) is 14.4 Å². The summed E-state index contributed by atoms with van der Waals surface area (Å²) in [7, 11) is 0. The minimum atomic E-state index is -0.673. The molecule has 0 saturated carbocycles. The van der Waals surface area contributed by atoms with Crippen molar-refractivity contribution in [2.45, 2.75) is 46.3 Å². The van der Waals surface area contributed by atoms with Crippen molar-refractivity contribution in [1.82, 2.24) is 19.5 Å². The van der Waals surface area contributed by atoms with Gasteiger partial charge in [0.05, 0.1) is 23.4 Å². The van der Waals surface area contributed by atoms with Gasteiger partial charge in [0.2, 0.25) is 5.91 Å². The minimum absolute atomic E-state index is 0.00510. The summed E-state index contributed by atoms with van der Waals surface area (Å²) in [4.78, 5) is 49.7. The van der Waals surface area contributed by atoms with Crippen LogP contribution in [0.15, 0.2) is 32.9 Å². The van der Waals surface area contributed by atoms with Crippen molar-refractivity contribution in [2.75, 3.05) is 29.5 Å². The molecule has 3 aromatic rings. The molecular formula is C23H32N6O4S. The number of nitrogens with two attached hydrogens (primary N) is 1. The van der Waals surface area contributed by atoms with E-state index in [4.69, 9.17) is 10.5 Å². The highest BCUT2D eigenvalue weighted by atomic mass is 32.2. The number of imidazole rings is 1. The lowest BCUT2D eigenvalue weighted by Gasteiger charge is -2.26. The second-order valence-electron chi connectivity index (χ2n) is 8.84. The number of fused-ring (bicyclic) bond motifs is 1. The minimum Gasteiger partial charge on any atom is -0.494 e. The maximum atomic E-state index is 13.3. The van der Waals surface area contributed by atoms with Gasteiger partial charge in [-0.1, -0.05) is 39.5 Å². The number of thioether (sulfide) groups is 1. The Labute approximate surface area is 201 Å². The van der Waals surface area contributed by atoms with E-state index in [0.29, 0.717) is 18.3 Å². The average Bonchev–Trinajstić information content (AvgIpc) is 3.16. The molecule has 10 nitrogen and oxygen atoms in total. The fraction of sp³-hybridized carbons (Fsp3) is 0.478. The molecular weight excluding hydrogens is 456 g/mol. The molecule has 0 bridgehead atoms. The molecule has 0 fully saturated rings. The zero-order valence-corrected chi connectivity index (χ0v) is 21.0. The molecule has 0 atom stereocenters. The molecule has 0 aliphatic heterocycles. The van der Waals surface area contributed by atoms with Gasteiger partial charge in [-0.15, -0.1) is 0 Å². The summed E-state index contributed by atoms with van der Waals surface area (Å²) < 4.78 is 6.83. The summed E-state index contributed by atoms with van der Waals surface area (Å²) in [5.41, 5.74) is 6.58. The number of anilines is 2. The van der Waals surface area contributed by atoms with Crippen molar-refractivity contribution in [2.24, 2.45) is 11.8 Å². The molecule has 34 heavy (non-hydrogen) atoms. The molecule has 0 radical (unpaired) electrons. The van der Waals surface area contributed by atoms with E-state index in [1.807, 2.05) is 52.8 Å². The number of amides is 1. The molecule has 0 aliphatic rings. The van der Waals surface area contributed by atoms with Crippen molar-refractivity contribution in [3.63, 3.8) is 0 Å². The third kappa shape index (κ3) is 5.82. The molecule has 1 aromatic carbocycles. The average molecular weight is 489 g/mol. The van der Waals surface area contributed by atoms with Gasteiger partial charge in [0.15, 0.2) is 10.8 Å².